The number of nitrogens with zero attached hydrogens (tertiary/aromatic N) is 2. The number of amides is 1. The van der Waals surface area contributed by atoms with Gasteiger partial charge in [-0.15, -0.1) is 0 Å². The van der Waals surface area contributed by atoms with E-state index in [1.165, 1.54) is 25.5 Å². The van der Waals surface area contributed by atoms with Crippen LogP contribution in [0, 0.1) is 6.92 Å². The predicted octanol–water partition coefficient (Wildman–Crippen LogP) is 3.11. The quantitative estimate of drug-likeness (QED) is 0.647. The van der Waals surface area contributed by atoms with E-state index in [2.05, 4.69) is 15.4 Å². The van der Waals surface area contributed by atoms with Gasteiger partial charge < -0.3 is 14.1 Å². The number of anilines is 1. The van der Waals surface area contributed by atoms with Gasteiger partial charge in [-0.05, 0) is 43.9 Å². The van der Waals surface area contributed by atoms with Crippen molar-refractivity contribution in [3.63, 3.8) is 0 Å². The number of hydrazone groups is 1. The molecule has 1 saturated heterocycles. The van der Waals surface area contributed by atoms with Crippen molar-refractivity contribution in [1.82, 2.24) is 5.43 Å². The number of carbonyl (C=O) groups excluding carboxylic acids is 1. The van der Waals surface area contributed by atoms with Crippen molar-refractivity contribution in [3.05, 3.63) is 47.7 Å². The SMILES string of the molecule is Cc1ccccc1OCC(=O)NN=Cc1ccc(N2CCCCC2)o1. The first kappa shape index (κ1) is 17.1. The van der Waals surface area contributed by atoms with Crippen LogP contribution in [0.15, 0.2) is 45.9 Å². The second-order valence-electron chi connectivity index (χ2n) is 6.07. The number of piperidine rings is 1. The van der Waals surface area contributed by atoms with Crippen LogP contribution < -0.4 is 15.1 Å². The number of ether oxygens (including phenoxy) is 1. The molecule has 0 bridgehead atoms. The third-order valence-corrected chi connectivity index (χ3v) is 4.11. The average Bonchev–Trinajstić information content (AvgIpc) is 3.11. The van der Waals surface area contributed by atoms with Crippen LogP contribution in [0.3, 0.4) is 0 Å². The molecule has 1 aromatic carbocycles. The van der Waals surface area contributed by atoms with E-state index in [1.54, 1.807) is 0 Å². The second-order valence-corrected chi connectivity index (χ2v) is 6.07. The Kier molecular flexibility index (Phi) is 5.72. The lowest BCUT2D eigenvalue weighted by Crippen LogP contribution is -2.28. The lowest BCUT2D eigenvalue weighted by Gasteiger charge is -2.25. The Balaban J connectivity index is 1.45. The largest absolute Gasteiger partial charge is 0.483 e. The van der Waals surface area contributed by atoms with E-state index in [9.17, 15) is 4.79 Å². The maximum absolute atomic E-state index is 11.8. The lowest BCUT2D eigenvalue weighted by atomic mass is 10.1. The first-order valence-electron chi connectivity index (χ1n) is 8.57. The van der Waals surface area contributed by atoms with Gasteiger partial charge in [0, 0.05) is 19.2 Å². The molecule has 0 atom stereocenters. The van der Waals surface area contributed by atoms with Crippen molar-refractivity contribution in [2.45, 2.75) is 26.2 Å². The fourth-order valence-electron chi connectivity index (χ4n) is 2.76. The molecule has 6 nitrogen and oxygen atoms in total. The Morgan fingerprint density at radius 1 is 1.24 bits per heavy atom. The lowest BCUT2D eigenvalue weighted by molar-refractivity contribution is -0.123. The Hall–Kier alpha value is -2.76. The van der Waals surface area contributed by atoms with Crippen LogP contribution in [0.2, 0.25) is 0 Å². The monoisotopic (exact) mass is 341 g/mol. The van der Waals surface area contributed by atoms with Gasteiger partial charge in [-0.3, -0.25) is 4.79 Å². The molecule has 0 spiro atoms. The third kappa shape index (κ3) is 4.86. The molecule has 1 aromatic heterocycles. The van der Waals surface area contributed by atoms with Crippen LogP contribution in [0.4, 0.5) is 5.88 Å². The van der Waals surface area contributed by atoms with Gasteiger partial charge in [0.1, 0.15) is 11.5 Å². The van der Waals surface area contributed by atoms with Gasteiger partial charge in [-0.2, -0.15) is 5.10 Å². The standard InChI is InChI=1S/C19H23N3O3/c1-15-7-3-4-8-17(15)24-14-18(23)21-20-13-16-9-10-19(25-16)22-11-5-2-6-12-22/h3-4,7-10,13H,2,5-6,11-12,14H2,1H3,(H,21,23). The van der Waals surface area contributed by atoms with E-state index in [4.69, 9.17) is 9.15 Å². The zero-order chi connectivity index (χ0) is 17.5. The summed E-state index contributed by atoms with van der Waals surface area (Å²) in [6, 6.07) is 11.3. The molecule has 1 N–H and O–H groups in total. The number of aryl methyl sites for hydroxylation is 1. The van der Waals surface area contributed by atoms with Crippen molar-refractivity contribution in [3.8, 4) is 5.75 Å². The summed E-state index contributed by atoms with van der Waals surface area (Å²) in [6.07, 6.45) is 5.17. The summed E-state index contributed by atoms with van der Waals surface area (Å²) in [6.45, 7) is 3.90. The number of nitrogens with one attached hydrogen (secondary N) is 1. The number of hydrogen-bond donors (Lipinski definition) is 1. The van der Waals surface area contributed by atoms with Crippen LogP contribution in [-0.2, 0) is 4.79 Å². The fraction of sp³-hybridized carbons (Fsp3) is 0.368. The summed E-state index contributed by atoms with van der Waals surface area (Å²) in [5.41, 5.74) is 3.43. The van der Waals surface area contributed by atoms with E-state index in [-0.39, 0.29) is 12.5 Å². The molecule has 1 aliphatic heterocycles. The molecular weight excluding hydrogens is 318 g/mol. The van der Waals surface area contributed by atoms with Crippen molar-refractivity contribution in [1.29, 1.82) is 0 Å². The number of rotatable bonds is 6. The molecule has 6 heteroatoms. The fourth-order valence-corrected chi connectivity index (χ4v) is 2.76. The molecule has 0 radical (unpaired) electrons. The highest BCUT2D eigenvalue weighted by Gasteiger charge is 2.13. The Bertz CT molecular complexity index is 733. The van der Waals surface area contributed by atoms with Crippen LogP contribution >= 0.6 is 0 Å². The maximum atomic E-state index is 11.8. The molecule has 3 rings (SSSR count). The summed E-state index contributed by atoms with van der Waals surface area (Å²) < 4.78 is 11.2. The minimum Gasteiger partial charge on any atom is -0.483 e. The summed E-state index contributed by atoms with van der Waals surface area (Å²) in [7, 11) is 0. The first-order chi connectivity index (χ1) is 12.2. The van der Waals surface area contributed by atoms with E-state index in [1.807, 2.05) is 43.3 Å². The number of hydrogen-bond acceptors (Lipinski definition) is 5. The van der Waals surface area contributed by atoms with Gasteiger partial charge in [0.2, 0.25) is 0 Å². The van der Waals surface area contributed by atoms with E-state index >= 15 is 0 Å². The topological polar surface area (TPSA) is 67.1 Å². The van der Waals surface area contributed by atoms with Crippen LogP contribution in [0.5, 0.6) is 5.75 Å². The average molecular weight is 341 g/mol. The first-order valence-corrected chi connectivity index (χ1v) is 8.57. The Labute approximate surface area is 147 Å². The van der Waals surface area contributed by atoms with Crippen molar-refractivity contribution in [2.75, 3.05) is 24.6 Å². The summed E-state index contributed by atoms with van der Waals surface area (Å²) in [5, 5.41) is 3.92. The highest BCUT2D eigenvalue weighted by atomic mass is 16.5. The normalized spacial score (nSPS) is 14.7. The summed E-state index contributed by atoms with van der Waals surface area (Å²) in [4.78, 5) is 14.0. The second kappa shape index (κ2) is 8.37. The van der Waals surface area contributed by atoms with E-state index in [0.29, 0.717) is 11.5 Å². The number of para-hydroxylation sites is 1. The van der Waals surface area contributed by atoms with Crippen molar-refractivity contribution < 1.29 is 13.9 Å². The van der Waals surface area contributed by atoms with E-state index < -0.39 is 0 Å². The van der Waals surface area contributed by atoms with Gasteiger partial charge in [-0.25, -0.2) is 5.43 Å². The number of benzene rings is 1. The van der Waals surface area contributed by atoms with Crippen LogP contribution in [0.25, 0.3) is 0 Å². The molecule has 1 fully saturated rings. The van der Waals surface area contributed by atoms with Gasteiger partial charge in [-0.1, -0.05) is 18.2 Å². The molecule has 0 aliphatic carbocycles. The van der Waals surface area contributed by atoms with E-state index in [0.717, 1.165) is 24.5 Å². The van der Waals surface area contributed by atoms with Crippen molar-refractivity contribution in [2.24, 2.45) is 5.10 Å². The zero-order valence-corrected chi connectivity index (χ0v) is 14.4. The van der Waals surface area contributed by atoms with Gasteiger partial charge in [0.25, 0.3) is 5.91 Å². The smallest absolute Gasteiger partial charge is 0.277 e. The third-order valence-electron chi connectivity index (χ3n) is 4.11. The van der Waals surface area contributed by atoms with Gasteiger partial charge in [0.05, 0.1) is 6.21 Å². The highest BCUT2D eigenvalue weighted by Crippen LogP contribution is 2.21. The minimum absolute atomic E-state index is 0.0840. The van der Waals surface area contributed by atoms with Crippen LogP contribution in [0.1, 0.15) is 30.6 Å². The van der Waals surface area contributed by atoms with Gasteiger partial charge in [0.15, 0.2) is 12.5 Å². The number of furan rings is 1. The van der Waals surface area contributed by atoms with Gasteiger partial charge >= 0.3 is 0 Å². The maximum Gasteiger partial charge on any atom is 0.277 e. The molecule has 1 amide bonds. The van der Waals surface area contributed by atoms with Crippen molar-refractivity contribution >= 4 is 18.0 Å². The Morgan fingerprint density at radius 2 is 2.04 bits per heavy atom. The molecule has 1 aliphatic rings. The molecule has 132 valence electrons. The highest BCUT2D eigenvalue weighted by molar-refractivity contribution is 5.81. The minimum atomic E-state index is -0.317. The molecule has 0 unspecified atom stereocenters. The summed E-state index contributed by atoms with van der Waals surface area (Å²) in [5.74, 6) is 1.84. The molecule has 2 heterocycles. The zero-order valence-electron chi connectivity index (χ0n) is 14.4. The Morgan fingerprint density at radius 3 is 2.84 bits per heavy atom. The van der Waals surface area contributed by atoms with Crippen LogP contribution in [-0.4, -0.2) is 31.8 Å². The molecule has 25 heavy (non-hydrogen) atoms. The predicted molar refractivity (Wildman–Crippen MR) is 97.2 cm³/mol. The molecular formula is C19H23N3O3. The number of carbonyl (C=O) groups is 1. The summed E-state index contributed by atoms with van der Waals surface area (Å²) >= 11 is 0. The molecule has 2 aromatic rings. The molecule has 0 saturated carbocycles.